The van der Waals surface area contributed by atoms with Crippen molar-refractivity contribution < 1.29 is 5.11 Å². The minimum absolute atomic E-state index is 0.145. The molecule has 0 radical (unpaired) electrons. The fraction of sp³-hybridized carbons (Fsp3) is 1.00. The molecule has 1 nitrogen and oxygen atoms in total. The third kappa shape index (κ3) is 5.51. The van der Waals surface area contributed by atoms with Crippen LogP contribution in [0.25, 0.3) is 0 Å². The van der Waals surface area contributed by atoms with Gasteiger partial charge >= 0.3 is 0 Å². The van der Waals surface area contributed by atoms with Crippen LogP contribution in [0.5, 0.6) is 0 Å². The first kappa shape index (κ1) is 11.2. The number of alkyl halides is 1. The first-order valence-electron chi connectivity index (χ1n) is 4.46. The van der Waals surface area contributed by atoms with Gasteiger partial charge in [0.15, 0.2) is 0 Å². The minimum atomic E-state index is -0.145. The van der Waals surface area contributed by atoms with Crippen molar-refractivity contribution in [2.45, 2.75) is 45.6 Å². The average Bonchev–Trinajstić information content (AvgIpc) is 2.00. The van der Waals surface area contributed by atoms with Crippen molar-refractivity contribution in [1.29, 1.82) is 0 Å². The van der Waals surface area contributed by atoms with Crippen molar-refractivity contribution in [3.05, 3.63) is 0 Å². The fourth-order valence-electron chi connectivity index (χ4n) is 1.22. The number of aliphatic hydroxyl groups is 1. The average molecular weight is 179 g/mol. The molecular formula is C9H19ClO. The molecule has 1 N–H and O–H groups in total. The van der Waals surface area contributed by atoms with Crippen LogP contribution in [0.2, 0.25) is 0 Å². The van der Waals surface area contributed by atoms with Crippen molar-refractivity contribution in [2.24, 2.45) is 5.92 Å². The summed E-state index contributed by atoms with van der Waals surface area (Å²) in [6.45, 7) is 4.24. The van der Waals surface area contributed by atoms with Crippen LogP contribution in [0.4, 0.5) is 0 Å². The highest BCUT2D eigenvalue weighted by Gasteiger charge is 2.11. The molecule has 0 bridgehead atoms. The van der Waals surface area contributed by atoms with E-state index in [0.29, 0.717) is 11.8 Å². The van der Waals surface area contributed by atoms with E-state index >= 15 is 0 Å². The molecule has 0 aliphatic carbocycles. The highest BCUT2D eigenvalue weighted by Crippen LogP contribution is 2.14. The van der Waals surface area contributed by atoms with Gasteiger partial charge in [-0.3, -0.25) is 0 Å². The summed E-state index contributed by atoms with van der Waals surface area (Å²) in [5.74, 6) is 1.10. The molecule has 2 unspecified atom stereocenters. The summed E-state index contributed by atoms with van der Waals surface area (Å²) in [4.78, 5) is 0. The molecule has 0 aromatic heterocycles. The number of aliphatic hydroxyl groups excluding tert-OH is 1. The highest BCUT2D eigenvalue weighted by molar-refractivity contribution is 6.17. The van der Waals surface area contributed by atoms with E-state index < -0.39 is 0 Å². The highest BCUT2D eigenvalue weighted by atomic mass is 35.5. The standard InChI is InChI=1S/C9H19ClO/c1-3-5-8(2)9(11)6-4-7-10/h8-9,11H,3-7H2,1-2H3. The summed E-state index contributed by atoms with van der Waals surface area (Å²) in [7, 11) is 0. The molecular weight excluding hydrogens is 160 g/mol. The van der Waals surface area contributed by atoms with Crippen LogP contribution in [0.15, 0.2) is 0 Å². The van der Waals surface area contributed by atoms with Gasteiger partial charge in [-0.25, -0.2) is 0 Å². The Balaban J connectivity index is 3.38. The summed E-state index contributed by atoms with van der Waals surface area (Å²) in [6, 6.07) is 0. The van der Waals surface area contributed by atoms with Crippen LogP contribution in [-0.2, 0) is 0 Å². The number of hydrogen-bond donors (Lipinski definition) is 1. The predicted molar refractivity (Wildman–Crippen MR) is 50.0 cm³/mol. The molecule has 0 aliphatic heterocycles. The second kappa shape index (κ2) is 6.93. The van der Waals surface area contributed by atoms with Crippen molar-refractivity contribution >= 4 is 11.6 Å². The molecule has 0 rings (SSSR count). The van der Waals surface area contributed by atoms with Gasteiger partial charge in [-0.05, 0) is 25.2 Å². The number of hydrogen-bond acceptors (Lipinski definition) is 1. The maximum absolute atomic E-state index is 9.52. The van der Waals surface area contributed by atoms with E-state index in [9.17, 15) is 5.11 Å². The van der Waals surface area contributed by atoms with E-state index in [1.165, 1.54) is 0 Å². The maximum Gasteiger partial charge on any atom is 0.0566 e. The summed E-state index contributed by atoms with van der Waals surface area (Å²) in [6.07, 6.45) is 3.90. The van der Waals surface area contributed by atoms with Gasteiger partial charge in [0.1, 0.15) is 0 Å². The molecule has 68 valence electrons. The lowest BCUT2D eigenvalue weighted by atomic mass is 9.96. The molecule has 0 saturated carbocycles. The molecule has 0 aromatic rings. The first-order chi connectivity index (χ1) is 5.22. The van der Waals surface area contributed by atoms with Gasteiger partial charge in [-0.1, -0.05) is 20.3 Å². The Bertz CT molecular complexity index is 85.6. The second-order valence-corrected chi connectivity index (χ2v) is 3.54. The van der Waals surface area contributed by atoms with Crippen LogP contribution in [0.3, 0.4) is 0 Å². The van der Waals surface area contributed by atoms with Crippen LogP contribution >= 0.6 is 11.6 Å². The van der Waals surface area contributed by atoms with E-state index in [1.54, 1.807) is 0 Å². The van der Waals surface area contributed by atoms with Gasteiger partial charge in [-0.15, -0.1) is 11.6 Å². The Morgan fingerprint density at radius 1 is 1.36 bits per heavy atom. The predicted octanol–water partition coefficient (Wildman–Crippen LogP) is 2.80. The second-order valence-electron chi connectivity index (χ2n) is 3.16. The molecule has 0 saturated heterocycles. The van der Waals surface area contributed by atoms with Gasteiger partial charge in [0.2, 0.25) is 0 Å². The van der Waals surface area contributed by atoms with E-state index in [2.05, 4.69) is 13.8 Å². The van der Waals surface area contributed by atoms with Crippen molar-refractivity contribution in [3.63, 3.8) is 0 Å². The lowest BCUT2D eigenvalue weighted by Gasteiger charge is -2.17. The van der Waals surface area contributed by atoms with Gasteiger partial charge in [0, 0.05) is 5.88 Å². The van der Waals surface area contributed by atoms with Gasteiger partial charge in [0.25, 0.3) is 0 Å². The monoisotopic (exact) mass is 178 g/mol. The van der Waals surface area contributed by atoms with Crippen molar-refractivity contribution in [1.82, 2.24) is 0 Å². The Labute approximate surface area is 74.8 Å². The number of halogens is 1. The summed E-state index contributed by atoms with van der Waals surface area (Å²) in [5.41, 5.74) is 0. The molecule has 0 aromatic carbocycles. The Kier molecular flexibility index (Phi) is 7.09. The lowest BCUT2D eigenvalue weighted by molar-refractivity contribution is 0.102. The SMILES string of the molecule is CCCC(C)C(O)CCCCl. The lowest BCUT2D eigenvalue weighted by Crippen LogP contribution is -2.17. The van der Waals surface area contributed by atoms with E-state index in [0.717, 1.165) is 25.7 Å². The molecule has 0 fully saturated rings. The fourth-order valence-corrected chi connectivity index (χ4v) is 1.37. The molecule has 0 aliphatic rings. The summed E-state index contributed by atoms with van der Waals surface area (Å²) < 4.78 is 0. The van der Waals surface area contributed by atoms with Gasteiger partial charge in [0.05, 0.1) is 6.10 Å². The third-order valence-corrected chi connectivity index (χ3v) is 2.30. The molecule has 0 spiro atoms. The number of rotatable bonds is 6. The Hall–Kier alpha value is 0.250. The van der Waals surface area contributed by atoms with E-state index in [1.807, 2.05) is 0 Å². The van der Waals surface area contributed by atoms with Crippen molar-refractivity contribution in [2.75, 3.05) is 5.88 Å². The van der Waals surface area contributed by atoms with Gasteiger partial charge < -0.3 is 5.11 Å². The van der Waals surface area contributed by atoms with Crippen LogP contribution in [-0.4, -0.2) is 17.1 Å². The third-order valence-electron chi connectivity index (χ3n) is 2.03. The largest absolute Gasteiger partial charge is 0.393 e. The zero-order valence-corrected chi connectivity index (χ0v) is 8.27. The molecule has 2 heteroatoms. The topological polar surface area (TPSA) is 20.2 Å². The Morgan fingerprint density at radius 2 is 2.00 bits per heavy atom. The van der Waals surface area contributed by atoms with Gasteiger partial charge in [-0.2, -0.15) is 0 Å². The van der Waals surface area contributed by atoms with E-state index in [-0.39, 0.29) is 6.10 Å². The quantitative estimate of drug-likeness (QED) is 0.621. The normalized spacial score (nSPS) is 16.4. The van der Waals surface area contributed by atoms with Crippen LogP contribution < -0.4 is 0 Å². The molecule has 0 amide bonds. The van der Waals surface area contributed by atoms with Crippen LogP contribution in [0, 0.1) is 5.92 Å². The minimum Gasteiger partial charge on any atom is -0.393 e. The molecule has 2 atom stereocenters. The zero-order valence-electron chi connectivity index (χ0n) is 7.52. The first-order valence-corrected chi connectivity index (χ1v) is 4.99. The maximum atomic E-state index is 9.52. The summed E-state index contributed by atoms with van der Waals surface area (Å²) in [5, 5.41) is 9.52. The molecule has 11 heavy (non-hydrogen) atoms. The summed E-state index contributed by atoms with van der Waals surface area (Å²) >= 11 is 5.52. The zero-order chi connectivity index (χ0) is 8.69. The molecule has 0 heterocycles. The van der Waals surface area contributed by atoms with Crippen LogP contribution in [0.1, 0.15) is 39.5 Å². The van der Waals surface area contributed by atoms with Crippen molar-refractivity contribution in [3.8, 4) is 0 Å². The Morgan fingerprint density at radius 3 is 2.45 bits per heavy atom. The van der Waals surface area contributed by atoms with E-state index in [4.69, 9.17) is 11.6 Å². The smallest absolute Gasteiger partial charge is 0.0566 e.